The fraction of sp³-hybridized carbons (Fsp3) is 0.118. The van der Waals surface area contributed by atoms with Gasteiger partial charge in [0.25, 0.3) is 0 Å². The first-order valence-electron chi connectivity index (χ1n) is 6.63. The van der Waals surface area contributed by atoms with Gasteiger partial charge in [0.1, 0.15) is 0 Å². The molecule has 22 heavy (non-hydrogen) atoms. The number of carboxylic acids is 1. The molecule has 5 heteroatoms. The zero-order valence-corrected chi connectivity index (χ0v) is 14.0. The smallest absolute Gasteiger partial charge is 0.342 e. The summed E-state index contributed by atoms with van der Waals surface area (Å²) in [5.74, 6) is -1.05. The summed E-state index contributed by atoms with van der Waals surface area (Å²) in [4.78, 5) is 11.2. The predicted octanol–water partition coefficient (Wildman–Crippen LogP) is 5.25. The summed E-state index contributed by atoms with van der Waals surface area (Å²) in [5, 5.41) is 10.3. The summed E-state index contributed by atoms with van der Waals surface area (Å²) in [7, 11) is 0. The number of halogens is 2. The predicted molar refractivity (Wildman–Crippen MR) is 94.8 cm³/mol. The molecule has 1 aromatic rings. The fourth-order valence-corrected chi connectivity index (χ4v) is 2.75. The summed E-state index contributed by atoms with van der Waals surface area (Å²) in [5.41, 5.74) is 2.33. The van der Waals surface area contributed by atoms with E-state index >= 15 is 0 Å². The third-order valence-electron chi connectivity index (χ3n) is 3.18. The average Bonchev–Trinajstić information content (AvgIpc) is 2.70. The van der Waals surface area contributed by atoms with Crippen LogP contribution >= 0.6 is 35.8 Å². The molecule has 0 unspecified atom stereocenters. The second-order valence-corrected chi connectivity index (χ2v) is 6.00. The number of hydrogen-bond acceptors (Lipinski definition) is 2. The maximum Gasteiger partial charge on any atom is 0.342 e. The minimum absolute atomic E-state index is 0.0243. The summed E-state index contributed by atoms with van der Waals surface area (Å²) < 4.78 is 0. The van der Waals surface area contributed by atoms with Crippen LogP contribution in [0.3, 0.4) is 0 Å². The highest BCUT2D eigenvalue weighted by Gasteiger charge is 2.12. The van der Waals surface area contributed by atoms with Crippen LogP contribution in [0.1, 0.15) is 12.0 Å². The SMILES string of the molecule is O=C(O)/C(S)=C1\C=CCC=C\C1=C/Cc1ccc(Cl)cc1Cl. The number of thiol groups is 1. The van der Waals surface area contributed by atoms with Gasteiger partial charge in [-0.25, -0.2) is 4.79 Å². The Labute approximate surface area is 144 Å². The monoisotopic (exact) mass is 352 g/mol. The molecule has 0 aliphatic heterocycles. The Kier molecular flexibility index (Phi) is 5.95. The molecular weight excluding hydrogens is 339 g/mol. The first-order valence-corrected chi connectivity index (χ1v) is 7.83. The van der Waals surface area contributed by atoms with Crippen molar-refractivity contribution < 1.29 is 9.90 Å². The molecule has 0 fully saturated rings. The van der Waals surface area contributed by atoms with Crippen molar-refractivity contribution in [1.82, 2.24) is 0 Å². The van der Waals surface area contributed by atoms with Crippen LogP contribution in [0.5, 0.6) is 0 Å². The van der Waals surface area contributed by atoms with Crippen LogP contribution in [0.25, 0.3) is 0 Å². The minimum atomic E-state index is -1.05. The second-order valence-electron chi connectivity index (χ2n) is 4.71. The van der Waals surface area contributed by atoms with Crippen LogP contribution in [0, 0.1) is 0 Å². The van der Waals surface area contributed by atoms with E-state index in [1.807, 2.05) is 30.4 Å². The van der Waals surface area contributed by atoms with Gasteiger partial charge in [0, 0.05) is 15.6 Å². The first-order chi connectivity index (χ1) is 10.5. The molecule has 0 bridgehead atoms. The number of carboxylic acid groups (broad SMARTS) is 1. The van der Waals surface area contributed by atoms with E-state index in [0.717, 1.165) is 17.6 Å². The molecule has 0 heterocycles. The fourth-order valence-electron chi connectivity index (χ4n) is 2.06. The van der Waals surface area contributed by atoms with Crippen molar-refractivity contribution in [3.63, 3.8) is 0 Å². The molecule has 1 aliphatic carbocycles. The average molecular weight is 353 g/mol. The van der Waals surface area contributed by atoms with Gasteiger partial charge in [-0.05, 0) is 36.1 Å². The lowest BCUT2D eigenvalue weighted by Gasteiger charge is -2.07. The van der Waals surface area contributed by atoms with E-state index < -0.39 is 5.97 Å². The third kappa shape index (κ3) is 4.29. The number of aliphatic carboxylic acids is 1. The van der Waals surface area contributed by atoms with Gasteiger partial charge in [0.15, 0.2) is 0 Å². The molecule has 0 saturated heterocycles. The second kappa shape index (κ2) is 7.73. The maximum atomic E-state index is 11.2. The van der Waals surface area contributed by atoms with Gasteiger partial charge in [-0.3, -0.25) is 0 Å². The molecule has 2 nitrogen and oxygen atoms in total. The highest BCUT2D eigenvalue weighted by molar-refractivity contribution is 7.85. The van der Waals surface area contributed by atoms with Crippen molar-refractivity contribution in [3.05, 3.63) is 80.2 Å². The van der Waals surface area contributed by atoms with Crippen LogP contribution in [0.4, 0.5) is 0 Å². The maximum absolute atomic E-state index is 11.2. The Morgan fingerprint density at radius 1 is 1.27 bits per heavy atom. The Morgan fingerprint density at radius 3 is 2.68 bits per heavy atom. The van der Waals surface area contributed by atoms with E-state index in [4.69, 9.17) is 28.3 Å². The van der Waals surface area contributed by atoms with Gasteiger partial charge in [-0.2, -0.15) is 0 Å². The quantitative estimate of drug-likeness (QED) is 0.575. The Balaban J connectivity index is 2.36. The van der Waals surface area contributed by atoms with Gasteiger partial charge in [-0.15, -0.1) is 12.6 Å². The normalized spacial score (nSPS) is 18.4. The Morgan fingerprint density at radius 2 is 2.00 bits per heavy atom. The molecular formula is C17H14Cl2O2S. The largest absolute Gasteiger partial charge is 0.477 e. The van der Waals surface area contributed by atoms with Crippen LogP contribution in [-0.4, -0.2) is 11.1 Å². The number of allylic oxidation sites excluding steroid dienone is 7. The highest BCUT2D eigenvalue weighted by Crippen LogP contribution is 2.26. The van der Waals surface area contributed by atoms with E-state index in [-0.39, 0.29) is 4.91 Å². The van der Waals surface area contributed by atoms with Crippen LogP contribution < -0.4 is 0 Å². The van der Waals surface area contributed by atoms with Crippen molar-refractivity contribution in [2.45, 2.75) is 12.8 Å². The number of hydrogen-bond donors (Lipinski definition) is 2. The topological polar surface area (TPSA) is 37.3 Å². The Bertz CT molecular complexity index is 715. The molecule has 0 aromatic heterocycles. The zero-order valence-electron chi connectivity index (χ0n) is 11.6. The summed E-state index contributed by atoms with van der Waals surface area (Å²) in [6.07, 6.45) is 10.8. The van der Waals surface area contributed by atoms with Crippen molar-refractivity contribution in [2.75, 3.05) is 0 Å². The molecule has 2 rings (SSSR count). The first kappa shape index (κ1) is 16.9. The van der Waals surface area contributed by atoms with E-state index in [0.29, 0.717) is 22.0 Å². The lowest BCUT2D eigenvalue weighted by Crippen LogP contribution is -1.99. The number of benzene rings is 1. The lowest BCUT2D eigenvalue weighted by atomic mass is 10.0. The molecule has 0 spiro atoms. The molecule has 0 saturated carbocycles. The van der Waals surface area contributed by atoms with Crippen LogP contribution in [0.15, 0.2) is 64.6 Å². The van der Waals surface area contributed by atoms with Crippen LogP contribution in [0.2, 0.25) is 10.0 Å². The van der Waals surface area contributed by atoms with E-state index in [1.165, 1.54) is 0 Å². The highest BCUT2D eigenvalue weighted by atomic mass is 35.5. The molecule has 1 aliphatic rings. The van der Waals surface area contributed by atoms with Crippen LogP contribution in [-0.2, 0) is 11.2 Å². The Hall–Kier alpha value is -1.42. The van der Waals surface area contributed by atoms with Gasteiger partial charge in [-0.1, -0.05) is 59.6 Å². The van der Waals surface area contributed by atoms with Crippen molar-refractivity contribution in [1.29, 1.82) is 0 Å². The van der Waals surface area contributed by atoms with Gasteiger partial charge >= 0.3 is 5.97 Å². The minimum Gasteiger partial charge on any atom is -0.477 e. The molecule has 0 radical (unpaired) electrons. The van der Waals surface area contributed by atoms with E-state index in [9.17, 15) is 4.79 Å². The third-order valence-corrected chi connectivity index (χ3v) is 4.20. The van der Waals surface area contributed by atoms with Gasteiger partial charge < -0.3 is 5.11 Å². The van der Waals surface area contributed by atoms with Gasteiger partial charge in [0.05, 0.1) is 4.91 Å². The summed E-state index contributed by atoms with van der Waals surface area (Å²) in [6, 6.07) is 5.33. The van der Waals surface area contributed by atoms with E-state index in [1.54, 1.807) is 18.2 Å². The van der Waals surface area contributed by atoms with E-state index in [2.05, 4.69) is 12.6 Å². The molecule has 1 aromatic carbocycles. The van der Waals surface area contributed by atoms with Crippen molar-refractivity contribution in [3.8, 4) is 0 Å². The zero-order chi connectivity index (χ0) is 16.1. The van der Waals surface area contributed by atoms with Crippen molar-refractivity contribution in [2.24, 2.45) is 0 Å². The standard InChI is InChI=1S/C17H14Cl2O2S/c18-13-9-8-12(15(19)10-13)7-6-11-4-2-1-3-5-14(11)16(22)17(20)21/h2-6,8-10,22H,1,7H2,(H,20,21)/b11-6+,16-14-. The van der Waals surface area contributed by atoms with Crippen molar-refractivity contribution >= 4 is 41.8 Å². The molecule has 0 amide bonds. The number of carbonyl (C=O) groups is 1. The molecule has 114 valence electrons. The lowest BCUT2D eigenvalue weighted by molar-refractivity contribution is -0.131. The summed E-state index contributed by atoms with van der Waals surface area (Å²) in [6.45, 7) is 0. The van der Waals surface area contributed by atoms with Gasteiger partial charge in [0.2, 0.25) is 0 Å². The summed E-state index contributed by atoms with van der Waals surface area (Å²) >= 11 is 16.1. The molecule has 0 atom stereocenters. The molecule has 1 N–H and O–H groups in total. The number of rotatable bonds is 3.